The maximum atomic E-state index is 13.7. The van der Waals surface area contributed by atoms with Crippen LogP contribution in [0.2, 0.25) is 0 Å². The summed E-state index contributed by atoms with van der Waals surface area (Å²) in [5.74, 6) is -2.45. The van der Waals surface area contributed by atoms with E-state index in [-0.39, 0.29) is 36.5 Å². The molecule has 1 unspecified atom stereocenters. The molecule has 1 heterocycles. The summed E-state index contributed by atoms with van der Waals surface area (Å²) in [4.78, 5) is -0.0163. The second-order valence-corrected chi connectivity index (χ2v) is 12.5. The Labute approximate surface area is 216 Å². The van der Waals surface area contributed by atoms with Crippen LogP contribution in [0.25, 0.3) is 0 Å². The molecule has 0 aliphatic heterocycles. The van der Waals surface area contributed by atoms with E-state index in [1.165, 1.54) is 0 Å². The van der Waals surface area contributed by atoms with Crippen molar-refractivity contribution < 1.29 is 51.8 Å². The fourth-order valence-electron chi connectivity index (χ4n) is 4.32. The summed E-state index contributed by atoms with van der Waals surface area (Å²) in [6.07, 6.45) is -3.79. The van der Waals surface area contributed by atoms with E-state index in [9.17, 15) is 43.2 Å². The minimum Gasteiger partial charge on any atom is -0.455 e. The van der Waals surface area contributed by atoms with Crippen LogP contribution >= 0.6 is 0 Å². The highest BCUT2D eigenvalue weighted by molar-refractivity contribution is 7.89. The van der Waals surface area contributed by atoms with Gasteiger partial charge >= 0.3 is 21.8 Å². The topological polar surface area (TPSA) is 93.9 Å². The first-order valence-corrected chi connectivity index (χ1v) is 14.1. The Kier molecular flexibility index (Phi) is 8.35. The van der Waals surface area contributed by atoms with Crippen molar-refractivity contribution in [2.45, 2.75) is 63.2 Å². The summed E-state index contributed by atoms with van der Waals surface area (Å²) in [7, 11) is -10.1. The number of halogens is 6. The molecule has 0 saturated carbocycles. The SMILES string of the molecule is Cc1cc(C)c(S(=O)(=O)N(Cc2ccc(C(F)(F)F)o2)CC2CC=C(OS(=O)(=O)C(F)(F)F)CC2)c(C)c1. The number of benzene rings is 1. The quantitative estimate of drug-likeness (QED) is 0.214. The number of aryl methyl sites for hydroxylation is 3. The molecule has 0 radical (unpaired) electrons. The van der Waals surface area contributed by atoms with Crippen molar-refractivity contribution in [1.82, 2.24) is 4.31 Å². The van der Waals surface area contributed by atoms with E-state index in [0.29, 0.717) is 17.2 Å². The van der Waals surface area contributed by atoms with Gasteiger partial charge in [0.1, 0.15) is 11.5 Å². The van der Waals surface area contributed by atoms with Gasteiger partial charge in [0.2, 0.25) is 15.8 Å². The Morgan fingerprint density at radius 2 is 1.61 bits per heavy atom. The average molecular weight is 590 g/mol. The summed E-state index contributed by atoms with van der Waals surface area (Å²) in [5.41, 5.74) is -3.93. The maximum absolute atomic E-state index is 13.7. The number of hydrogen-bond donors (Lipinski definition) is 0. The zero-order valence-electron chi connectivity index (χ0n) is 20.5. The maximum Gasteiger partial charge on any atom is 0.534 e. The lowest BCUT2D eigenvalue weighted by molar-refractivity contribution is -0.153. The predicted molar refractivity (Wildman–Crippen MR) is 123 cm³/mol. The molecule has 1 atom stereocenters. The van der Waals surface area contributed by atoms with Gasteiger partial charge in [-0.15, -0.1) is 0 Å². The Morgan fingerprint density at radius 1 is 1.00 bits per heavy atom. The second kappa shape index (κ2) is 10.6. The zero-order chi connectivity index (χ0) is 28.7. The highest BCUT2D eigenvalue weighted by atomic mass is 32.2. The van der Waals surface area contributed by atoms with E-state index in [1.54, 1.807) is 32.9 Å². The molecule has 1 aliphatic carbocycles. The minimum atomic E-state index is -5.84. The third kappa shape index (κ3) is 6.72. The van der Waals surface area contributed by atoms with Gasteiger partial charge in [0, 0.05) is 13.0 Å². The fraction of sp³-hybridized carbons (Fsp3) is 0.478. The number of furan rings is 1. The molecule has 0 N–H and O–H groups in total. The van der Waals surface area contributed by atoms with Crippen LogP contribution in [0, 0.1) is 26.7 Å². The molecule has 1 aliphatic rings. The molecular formula is C23H25F6NO6S2. The van der Waals surface area contributed by atoms with Gasteiger partial charge < -0.3 is 8.60 Å². The summed E-state index contributed by atoms with van der Waals surface area (Å²) >= 11 is 0. The molecule has 1 aromatic heterocycles. The van der Waals surface area contributed by atoms with Crippen LogP contribution in [0.4, 0.5) is 26.3 Å². The highest BCUT2D eigenvalue weighted by Crippen LogP contribution is 2.35. The molecule has 7 nitrogen and oxygen atoms in total. The third-order valence-corrected chi connectivity index (χ3v) is 9.03. The first-order valence-electron chi connectivity index (χ1n) is 11.2. The predicted octanol–water partition coefficient (Wildman–Crippen LogP) is 5.96. The lowest BCUT2D eigenvalue weighted by Gasteiger charge is -2.29. The summed E-state index contributed by atoms with van der Waals surface area (Å²) < 4.78 is 137. The zero-order valence-corrected chi connectivity index (χ0v) is 22.1. The van der Waals surface area contributed by atoms with Crippen molar-refractivity contribution in [2.24, 2.45) is 5.92 Å². The van der Waals surface area contributed by atoms with Gasteiger partial charge in [0.05, 0.1) is 11.4 Å². The van der Waals surface area contributed by atoms with Crippen LogP contribution in [0.15, 0.2) is 45.4 Å². The lowest BCUT2D eigenvalue weighted by Crippen LogP contribution is -2.36. The lowest BCUT2D eigenvalue weighted by atomic mass is 9.93. The number of rotatable bonds is 8. The second-order valence-electron chi connectivity index (χ2n) is 9.08. The normalized spacial score (nSPS) is 17.5. The first kappa shape index (κ1) is 30.0. The van der Waals surface area contributed by atoms with Crippen LogP contribution in [-0.4, -0.2) is 33.2 Å². The van der Waals surface area contributed by atoms with Crippen LogP contribution in [-0.2, 0) is 37.0 Å². The summed E-state index contributed by atoms with van der Waals surface area (Å²) in [6, 6.07) is 5.02. The minimum absolute atomic E-state index is 0.0163. The van der Waals surface area contributed by atoms with E-state index in [0.717, 1.165) is 22.0 Å². The fourth-order valence-corrected chi connectivity index (χ4v) is 6.74. The van der Waals surface area contributed by atoms with Crippen LogP contribution in [0.1, 0.15) is 47.5 Å². The largest absolute Gasteiger partial charge is 0.534 e. The van der Waals surface area contributed by atoms with Gasteiger partial charge in [0.25, 0.3) is 0 Å². The van der Waals surface area contributed by atoms with Gasteiger partial charge in [-0.25, -0.2) is 8.42 Å². The van der Waals surface area contributed by atoms with E-state index >= 15 is 0 Å². The Hall–Kier alpha value is -2.52. The Bertz CT molecular complexity index is 1400. The number of nitrogens with zero attached hydrogens (tertiary/aromatic N) is 1. The number of sulfonamides is 1. The first-order chi connectivity index (χ1) is 17.3. The molecule has 3 rings (SSSR count). The summed E-state index contributed by atoms with van der Waals surface area (Å²) in [6.45, 7) is 4.22. The van der Waals surface area contributed by atoms with Gasteiger partial charge in [0.15, 0.2) is 0 Å². The molecule has 15 heteroatoms. The third-order valence-electron chi connectivity index (χ3n) is 5.92. The van der Waals surface area contributed by atoms with Crippen molar-refractivity contribution in [3.63, 3.8) is 0 Å². The molecule has 0 fully saturated rings. The molecule has 1 aromatic carbocycles. The number of alkyl halides is 6. The van der Waals surface area contributed by atoms with Crippen molar-refractivity contribution in [3.8, 4) is 0 Å². The molecular weight excluding hydrogens is 564 g/mol. The molecule has 2 aromatic rings. The van der Waals surface area contributed by atoms with Crippen molar-refractivity contribution in [1.29, 1.82) is 0 Å². The number of allylic oxidation sites excluding steroid dienone is 2. The molecule has 38 heavy (non-hydrogen) atoms. The van der Waals surface area contributed by atoms with Crippen LogP contribution in [0.3, 0.4) is 0 Å². The standard InChI is InChI=1S/C23H25F6NO6S2/c1-14-10-15(2)21(16(3)11-14)37(31,32)30(13-19-8-9-20(35-19)22(24,25)26)12-17-4-6-18(7-5-17)36-38(33,34)23(27,28)29/h6,8-11,17H,4-5,7,12-13H2,1-3H3. The van der Waals surface area contributed by atoms with E-state index in [2.05, 4.69) is 4.18 Å². The Morgan fingerprint density at radius 3 is 2.08 bits per heavy atom. The monoisotopic (exact) mass is 589 g/mol. The van der Waals surface area contributed by atoms with E-state index < -0.39 is 55.8 Å². The number of hydrogen-bond acceptors (Lipinski definition) is 6. The van der Waals surface area contributed by atoms with E-state index in [1.807, 2.05) is 0 Å². The van der Waals surface area contributed by atoms with Crippen molar-refractivity contribution in [2.75, 3.05) is 6.54 Å². The van der Waals surface area contributed by atoms with Crippen molar-refractivity contribution >= 4 is 20.1 Å². The van der Waals surface area contributed by atoms with Crippen molar-refractivity contribution in [3.05, 3.63) is 64.3 Å². The molecule has 0 saturated heterocycles. The smallest absolute Gasteiger partial charge is 0.455 e. The van der Waals surface area contributed by atoms with Crippen LogP contribution < -0.4 is 0 Å². The summed E-state index contributed by atoms with van der Waals surface area (Å²) in [5, 5.41) is 0. The molecule has 212 valence electrons. The Balaban J connectivity index is 1.90. The average Bonchev–Trinajstić information content (AvgIpc) is 3.22. The van der Waals surface area contributed by atoms with Gasteiger partial charge in [-0.2, -0.15) is 39.1 Å². The molecule has 0 amide bonds. The highest BCUT2D eigenvalue weighted by Gasteiger charge is 2.49. The van der Waals surface area contributed by atoms with Gasteiger partial charge in [-0.1, -0.05) is 17.7 Å². The van der Waals surface area contributed by atoms with E-state index in [4.69, 9.17) is 4.42 Å². The van der Waals surface area contributed by atoms with Crippen LogP contribution in [0.5, 0.6) is 0 Å². The van der Waals surface area contributed by atoms with Gasteiger partial charge in [-0.3, -0.25) is 0 Å². The molecule has 0 spiro atoms. The molecule has 0 bridgehead atoms. The van der Waals surface area contributed by atoms with Gasteiger partial charge in [-0.05, 0) is 68.9 Å².